The number of hydrogen-bond donors (Lipinski definition) is 1. The van der Waals surface area contributed by atoms with Gasteiger partial charge in [0.05, 0.1) is 6.54 Å². The second kappa shape index (κ2) is 6.57. The van der Waals surface area contributed by atoms with Gasteiger partial charge >= 0.3 is 0 Å². The van der Waals surface area contributed by atoms with E-state index in [-0.39, 0.29) is 23.8 Å². The van der Waals surface area contributed by atoms with E-state index in [0.717, 1.165) is 45.4 Å². The molecule has 0 radical (unpaired) electrons. The molecule has 0 unspecified atom stereocenters. The van der Waals surface area contributed by atoms with Gasteiger partial charge in [-0.3, -0.25) is 9.59 Å². The molecule has 0 saturated carbocycles. The molecule has 0 aromatic heterocycles. The Balaban J connectivity index is 1.90. The van der Waals surface area contributed by atoms with Crippen LogP contribution in [0.1, 0.15) is 39.5 Å². The van der Waals surface area contributed by atoms with E-state index >= 15 is 0 Å². The van der Waals surface area contributed by atoms with E-state index in [0.29, 0.717) is 13.0 Å². The molecule has 5 heteroatoms. The van der Waals surface area contributed by atoms with Gasteiger partial charge in [0, 0.05) is 32.6 Å². The Morgan fingerprint density at radius 3 is 2.80 bits per heavy atom. The van der Waals surface area contributed by atoms with Gasteiger partial charge in [-0.05, 0) is 31.2 Å². The van der Waals surface area contributed by atoms with Gasteiger partial charge < -0.3 is 15.1 Å². The largest absolute Gasteiger partial charge is 0.340 e. The van der Waals surface area contributed by atoms with E-state index in [2.05, 4.69) is 19.2 Å². The lowest BCUT2D eigenvalue weighted by Crippen LogP contribution is -2.44. The van der Waals surface area contributed by atoms with Crippen LogP contribution in [0.2, 0.25) is 0 Å². The van der Waals surface area contributed by atoms with E-state index in [1.165, 1.54) is 0 Å². The van der Waals surface area contributed by atoms with Crippen molar-refractivity contribution in [2.24, 2.45) is 5.41 Å². The van der Waals surface area contributed by atoms with Crippen LogP contribution in [-0.2, 0) is 9.59 Å². The van der Waals surface area contributed by atoms with E-state index in [9.17, 15) is 9.59 Å². The summed E-state index contributed by atoms with van der Waals surface area (Å²) in [6.07, 6.45) is 3.46. The summed E-state index contributed by atoms with van der Waals surface area (Å²) in [6, 6.07) is 0. The lowest BCUT2D eigenvalue weighted by atomic mass is 9.85. The van der Waals surface area contributed by atoms with Crippen molar-refractivity contribution in [3.8, 4) is 0 Å². The van der Waals surface area contributed by atoms with E-state index in [4.69, 9.17) is 0 Å². The summed E-state index contributed by atoms with van der Waals surface area (Å²) in [5, 5.41) is 3.29. The minimum absolute atomic E-state index is 0.0988. The number of nitrogens with one attached hydrogen (secondary N) is 1. The molecule has 0 spiro atoms. The number of nitrogens with zero attached hydrogens (tertiary/aromatic N) is 2. The highest BCUT2D eigenvalue weighted by molar-refractivity contribution is 5.85. The maximum atomic E-state index is 12.3. The number of likely N-dealkylation sites (tertiary alicyclic amines) is 1. The van der Waals surface area contributed by atoms with Gasteiger partial charge in [0.2, 0.25) is 11.8 Å². The van der Waals surface area contributed by atoms with Crippen LogP contribution in [0.15, 0.2) is 0 Å². The molecule has 0 aromatic carbocycles. The van der Waals surface area contributed by atoms with Crippen LogP contribution in [0.3, 0.4) is 0 Å². The summed E-state index contributed by atoms with van der Waals surface area (Å²) >= 11 is 0. The first-order valence-electron chi connectivity index (χ1n) is 7.74. The molecule has 0 bridgehead atoms. The molecule has 114 valence electrons. The first kappa shape index (κ1) is 15.3. The van der Waals surface area contributed by atoms with Gasteiger partial charge in [-0.25, -0.2) is 0 Å². The molecule has 0 aromatic rings. The van der Waals surface area contributed by atoms with E-state index < -0.39 is 0 Å². The van der Waals surface area contributed by atoms with Crippen LogP contribution in [0.25, 0.3) is 0 Å². The molecule has 2 aliphatic heterocycles. The van der Waals surface area contributed by atoms with Crippen molar-refractivity contribution in [2.75, 3.05) is 39.3 Å². The molecule has 2 amide bonds. The number of hydrogen-bond acceptors (Lipinski definition) is 3. The molecule has 2 rings (SSSR count). The maximum absolute atomic E-state index is 12.3. The first-order valence-corrected chi connectivity index (χ1v) is 7.74. The van der Waals surface area contributed by atoms with Crippen LogP contribution in [-0.4, -0.2) is 60.9 Å². The van der Waals surface area contributed by atoms with Crippen LogP contribution < -0.4 is 5.32 Å². The maximum Gasteiger partial charge on any atom is 0.242 e. The molecule has 2 aliphatic rings. The van der Waals surface area contributed by atoms with Crippen molar-refractivity contribution in [3.63, 3.8) is 0 Å². The Morgan fingerprint density at radius 1 is 1.20 bits per heavy atom. The quantitative estimate of drug-likeness (QED) is 0.816. The zero-order chi connectivity index (χ0) is 14.6. The summed E-state index contributed by atoms with van der Waals surface area (Å²) in [7, 11) is 0. The minimum Gasteiger partial charge on any atom is -0.340 e. The molecule has 2 saturated heterocycles. The first-order chi connectivity index (χ1) is 9.48. The van der Waals surface area contributed by atoms with Crippen LogP contribution >= 0.6 is 0 Å². The molecule has 2 heterocycles. The lowest BCUT2D eigenvalue weighted by Gasteiger charge is -2.26. The van der Waals surface area contributed by atoms with Gasteiger partial charge in [0.15, 0.2) is 0 Å². The number of amides is 2. The minimum atomic E-state index is 0.0988. The summed E-state index contributed by atoms with van der Waals surface area (Å²) in [6.45, 7) is 8.76. The highest BCUT2D eigenvalue weighted by Gasteiger charge is 2.29. The van der Waals surface area contributed by atoms with Crippen molar-refractivity contribution in [1.29, 1.82) is 0 Å². The Kier molecular flexibility index (Phi) is 5.02. The van der Waals surface area contributed by atoms with Crippen molar-refractivity contribution in [2.45, 2.75) is 39.5 Å². The average molecular weight is 281 g/mol. The third kappa shape index (κ3) is 4.20. The fourth-order valence-corrected chi connectivity index (χ4v) is 2.82. The zero-order valence-electron chi connectivity index (χ0n) is 12.8. The summed E-state index contributed by atoms with van der Waals surface area (Å²) in [5.41, 5.74) is 0.208. The fourth-order valence-electron chi connectivity index (χ4n) is 2.82. The smallest absolute Gasteiger partial charge is 0.242 e. The number of rotatable bonds is 2. The monoisotopic (exact) mass is 281 g/mol. The van der Waals surface area contributed by atoms with E-state index in [1.807, 2.05) is 4.90 Å². The van der Waals surface area contributed by atoms with Crippen LogP contribution in [0, 0.1) is 5.41 Å². The number of carbonyl (C=O) groups excluding carboxylic acids is 2. The Hall–Kier alpha value is -1.10. The molecule has 2 fully saturated rings. The Labute approximate surface area is 121 Å². The zero-order valence-corrected chi connectivity index (χ0v) is 12.8. The molecule has 0 atom stereocenters. The third-order valence-corrected chi connectivity index (χ3v) is 4.45. The molecular formula is C15H27N3O2. The fraction of sp³-hybridized carbons (Fsp3) is 0.867. The second-order valence-corrected chi connectivity index (χ2v) is 6.71. The summed E-state index contributed by atoms with van der Waals surface area (Å²) in [5.74, 6) is 0.235. The molecule has 20 heavy (non-hydrogen) atoms. The van der Waals surface area contributed by atoms with Gasteiger partial charge in [-0.15, -0.1) is 0 Å². The normalized spacial score (nSPS) is 24.2. The summed E-state index contributed by atoms with van der Waals surface area (Å²) in [4.78, 5) is 28.1. The van der Waals surface area contributed by atoms with E-state index in [1.54, 1.807) is 4.90 Å². The van der Waals surface area contributed by atoms with Crippen molar-refractivity contribution < 1.29 is 9.59 Å². The van der Waals surface area contributed by atoms with Gasteiger partial charge in [0.1, 0.15) is 0 Å². The molecular weight excluding hydrogens is 254 g/mol. The van der Waals surface area contributed by atoms with Crippen molar-refractivity contribution >= 4 is 11.8 Å². The Morgan fingerprint density at radius 2 is 2.00 bits per heavy atom. The highest BCUT2D eigenvalue weighted by Crippen LogP contribution is 2.30. The third-order valence-electron chi connectivity index (χ3n) is 4.45. The van der Waals surface area contributed by atoms with Crippen LogP contribution in [0.4, 0.5) is 0 Å². The average Bonchev–Trinajstić information content (AvgIpc) is 2.74. The summed E-state index contributed by atoms with van der Waals surface area (Å²) < 4.78 is 0. The molecule has 1 N–H and O–H groups in total. The SMILES string of the molecule is CC1(C)CCC(=O)N(CC(=O)N2CCCNCC2)CC1. The predicted molar refractivity (Wildman–Crippen MR) is 78.3 cm³/mol. The van der Waals surface area contributed by atoms with Gasteiger partial charge in [-0.2, -0.15) is 0 Å². The molecule has 5 nitrogen and oxygen atoms in total. The lowest BCUT2D eigenvalue weighted by molar-refractivity contribution is -0.140. The number of carbonyl (C=O) groups is 2. The van der Waals surface area contributed by atoms with Crippen LogP contribution in [0.5, 0.6) is 0 Å². The molecule has 0 aliphatic carbocycles. The Bertz CT molecular complexity index is 360. The predicted octanol–water partition coefficient (Wildman–Crippen LogP) is 0.847. The van der Waals surface area contributed by atoms with Crippen molar-refractivity contribution in [1.82, 2.24) is 15.1 Å². The van der Waals surface area contributed by atoms with Crippen molar-refractivity contribution in [3.05, 3.63) is 0 Å². The standard InChI is InChI=1S/C15H27N3O2/c1-15(2)5-4-13(19)18(10-6-15)12-14(20)17-9-3-7-16-8-11-17/h16H,3-12H2,1-2H3. The van der Waals surface area contributed by atoms with Gasteiger partial charge in [-0.1, -0.05) is 13.8 Å². The topological polar surface area (TPSA) is 52.7 Å². The van der Waals surface area contributed by atoms with Gasteiger partial charge in [0.25, 0.3) is 0 Å². The highest BCUT2D eigenvalue weighted by atomic mass is 16.2. The second-order valence-electron chi connectivity index (χ2n) is 6.71.